The molecule has 0 aromatic heterocycles. The number of nitrogens with one attached hydrogen (secondary N) is 2. The molecule has 3 amide bonds. The van der Waals surface area contributed by atoms with Crippen molar-refractivity contribution in [3.8, 4) is 0 Å². The number of aryl methyl sites for hydroxylation is 2. The summed E-state index contributed by atoms with van der Waals surface area (Å²) in [5, 5.41) is 13.4. The van der Waals surface area contributed by atoms with Crippen molar-refractivity contribution in [3.63, 3.8) is 0 Å². The Morgan fingerprint density at radius 3 is 2.37 bits per heavy atom. The molecule has 27 heavy (non-hydrogen) atoms. The number of carboxylic acids is 1. The minimum atomic E-state index is -4.67. The van der Waals surface area contributed by atoms with Crippen LogP contribution in [-0.2, 0) is 9.59 Å². The Morgan fingerprint density at radius 2 is 1.85 bits per heavy atom. The molecule has 2 atom stereocenters. The largest absolute Gasteiger partial charge is 0.481 e. The Hall–Kier alpha value is -2.62. The van der Waals surface area contributed by atoms with E-state index in [0.717, 1.165) is 16.0 Å². The number of hydrogen-bond acceptors (Lipinski definition) is 4. The van der Waals surface area contributed by atoms with Gasteiger partial charge in [-0.05, 0) is 37.1 Å². The topological polar surface area (TPSA) is 98.7 Å². The normalized spacial score (nSPS) is 20.3. The number of imide groups is 1. The zero-order valence-corrected chi connectivity index (χ0v) is 14.8. The quantitative estimate of drug-likeness (QED) is 0.735. The molecular weight excluding hydrogens is 367 g/mol. The Kier molecular flexibility index (Phi) is 6.09. The van der Waals surface area contributed by atoms with Crippen molar-refractivity contribution in [2.75, 3.05) is 25.0 Å². The zero-order chi connectivity index (χ0) is 20.4. The summed E-state index contributed by atoms with van der Waals surface area (Å²) in [5.41, 5.74) is 2.43. The van der Waals surface area contributed by atoms with Gasteiger partial charge in [-0.2, -0.15) is 13.2 Å². The fourth-order valence-corrected chi connectivity index (χ4v) is 2.95. The van der Waals surface area contributed by atoms with Gasteiger partial charge in [-0.15, -0.1) is 0 Å². The first kappa shape index (κ1) is 20.7. The molecule has 1 aliphatic heterocycles. The summed E-state index contributed by atoms with van der Waals surface area (Å²) < 4.78 is 38.8. The van der Waals surface area contributed by atoms with E-state index in [1.807, 2.05) is 19.2 Å². The molecule has 10 heteroatoms. The van der Waals surface area contributed by atoms with Crippen LogP contribution in [-0.4, -0.2) is 53.7 Å². The van der Waals surface area contributed by atoms with Gasteiger partial charge in [-0.3, -0.25) is 19.8 Å². The van der Waals surface area contributed by atoms with Gasteiger partial charge < -0.3 is 10.4 Å². The molecule has 1 saturated heterocycles. The standard InChI is InChI=1S/C17H20F3N3O4/c1-9-3-4-11(5-10(9)2)21-16(27)22-14(24)8-23-6-12(15(25)26)13(7-23)17(18,19)20/h3-5,12-13H,6-8H2,1-2H3,(H,25,26)(H2,21,22,24,27)/t12-,13-/m1/s1. The van der Waals surface area contributed by atoms with Gasteiger partial charge in [0.1, 0.15) is 0 Å². The molecule has 0 bridgehead atoms. The van der Waals surface area contributed by atoms with Gasteiger partial charge in [0, 0.05) is 18.8 Å². The summed E-state index contributed by atoms with van der Waals surface area (Å²) in [6, 6.07) is 4.34. The molecule has 0 spiro atoms. The molecule has 2 rings (SSSR count). The van der Waals surface area contributed by atoms with Crippen molar-refractivity contribution in [2.45, 2.75) is 20.0 Å². The molecule has 1 aliphatic rings. The summed E-state index contributed by atoms with van der Waals surface area (Å²) in [7, 11) is 0. The lowest BCUT2D eigenvalue weighted by atomic mass is 9.96. The maximum atomic E-state index is 12.9. The highest BCUT2D eigenvalue weighted by Gasteiger charge is 2.52. The third-order valence-corrected chi connectivity index (χ3v) is 4.52. The van der Waals surface area contributed by atoms with Gasteiger partial charge in [0.2, 0.25) is 5.91 Å². The SMILES string of the molecule is Cc1ccc(NC(=O)NC(=O)CN2C[C@@H](C(F)(F)F)[C@H](C(=O)O)C2)cc1C. The van der Waals surface area contributed by atoms with Gasteiger partial charge in [-0.1, -0.05) is 6.07 Å². The second kappa shape index (κ2) is 7.95. The van der Waals surface area contributed by atoms with Gasteiger partial charge in [0.05, 0.1) is 18.4 Å². The molecule has 0 radical (unpaired) electrons. The third-order valence-electron chi connectivity index (χ3n) is 4.52. The average molecular weight is 387 g/mol. The monoisotopic (exact) mass is 387 g/mol. The number of alkyl halides is 3. The Balaban J connectivity index is 1.90. The lowest BCUT2D eigenvalue weighted by Gasteiger charge is -2.18. The van der Waals surface area contributed by atoms with E-state index >= 15 is 0 Å². The van der Waals surface area contributed by atoms with E-state index in [0.29, 0.717) is 5.69 Å². The number of carbonyl (C=O) groups excluding carboxylic acids is 2. The molecule has 0 unspecified atom stereocenters. The van der Waals surface area contributed by atoms with Gasteiger partial charge in [0.25, 0.3) is 0 Å². The van der Waals surface area contributed by atoms with Crippen molar-refractivity contribution >= 4 is 23.6 Å². The first-order chi connectivity index (χ1) is 12.5. The van der Waals surface area contributed by atoms with Crippen LogP contribution in [0.2, 0.25) is 0 Å². The van der Waals surface area contributed by atoms with E-state index in [1.165, 1.54) is 0 Å². The smallest absolute Gasteiger partial charge is 0.393 e. The number of anilines is 1. The van der Waals surface area contributed by atoms with E-state index in [-0.39, 0.29) is 0 Å². The van der Waals surface area contributed by atoms with Crippen molar-refractivity contribution in [1.29, 1.82) is 0 Å². The molecule has 1 fully saturated rings. The second-order valence-corrected chi connectivity index (χ2v) is 6.59. The Morgan fingerprint density at radius 1 is 1.19 bits per heavy atom. The number of carbonyl (C=O) groups is 3. The summed E-state index contributed by atoms with van der Waals surface area (Å²) in [5.74, 6) is -6.06. The number of carboxylic acid groups (broad SMARTS) is 1. The number of benzene rings is 1. The Bertz CT molecular complexity index is 751. The first-order valence-electron chi connectivity index (χ1n) is 8.17. The van der Waals surface area contributed by atoms with Crippen molar-refractivity contribution in [1.82, 2.24) is 10.2 Å². The third kappa shape index (κ3) is 5.43. The number of urea groups is 1. The maximum absolute atomic E-state index is 12.9. The summed E-state index contributed by atoms with van der Waals surface area (Å²) >= 11 is 0. The predicted octanol–water partition coefficient (Wildman–Crippen LogP) is 2.15. The molecule has 0 saturated carbocycles. The lowest BCUT2D eigenvalue weighted by molar-refractivity contribution is -0.188. The number of aliphatic carboxylic acids is 1. The molecule has 1 heterocycles. The average Bonchev–Trinajstić information content (AvgIpc) is 2.95. The number of rotatable bonds is 4. The highest BCUT2D eigenvalue weighted by atomic mass is 19.4. The van der Waals surface area contributed by atoms with E-state index in [4.69, 9.17) is 5.11 Å². The highest BCUT2D eigenvalue weighted by molar-refractivity contribution is 6.01. The van der Waals surface area contributed by atoms with E-state index < -0.39 is 55.6 Å². The minimum Gasteiger partial charge on any atom is -0.481 e. The predicted molar refractivity (Wildman–Crippen MR) is 90.2 cm³/mol. The molecule has 7 nitrogen and oxygen atoms in total. The van der Waals surface area contributed by atoms with Crippen molar-refractivity contribution < 1.29 is 32.7 Å². The van der Waals surface area contributed by atoms with E-state index in [9.17, 15) is 27.6 Å². The molecule has 1 aromatic carbocycles. The number of halogens is 3. The summed E-state index contributed by atoms with van der Waals surface area (Å²) in [6.07, 6.45) is -4.67. The number of hydrogen-bond donors (Lipinski definition) is 3. The number of likely N-dealkylation sites (tertiary alicyclic amines) is 1. The van der Waals surface area contributed by atoms with E-state index in [2.05, 4.69) is 5.32 Å². The number of amides is 3. The zero-order valence-electron chi connectivity index (χ0n) is 14.8. The fraction of sp³-hybridized carbons (Fsp3) is 0.471. The minimum absolute atomic E-state index is 0.411. The first-order valence-corrected chi connectivity index (χ1v) is 8.17. The van der Waals surface area contributed by atoms with Crippen LogP contribution in [0.1, 0.15) is 11.1 Å². The molecule has 1 aromatic rings. The second-order valence-electron chi connectivity index (χ2n) is 6.59. The van der Waals surface area contributed by atoms with Gasteiger partial charge in [0.15, 0.2) is 0 Å². The van der Waals surface area contributed by atoms with Crippen LogP contribution in [0.5, 0.6) is 0 Å². The summed E-state index contributed by atoms with van der Waals surface area (Å²) in [6.45, 7) is 2.24. The summed E-state index contributed by atoms with van der Waals surface area (Å²) in [4.78, 5) is 35.9. The van der Waals surface area contributed by atoms with Crippen LogP contribution in [0.4, 0.5) is 23.7 Å². The van der Waals surface area contributed by atoms with Crippen LogP contribution in [0, 0.1) is 25.7 Å². The van der Waals surface area contributed by atoms with Crippen LogP contribution in [0.3, 0.4) is 0 Å². The van der Waals surface area contributed by atoms with Crippen LogP contribution < -0.4 is 10.6 Å². The number of nitrogens with zero attached hydrogens (tertiary/aromatic N) is 1. The van der Waals surface area contributed by atoms with Gasteiger partial charge >= 0.3 is 18.2 Å². The molecule has 0 aliphatic carbocycles. The molecular formula is C17H20F3N3O4. The highest BCUT2D eigenvalue weighted by Crippen LogP contribution is 2.37. The van der Waals surface area contributed by atoms with Crippen LogP contribution >= 0.6 is 0 Å². The van der Waals surface area contributed by atoms with Crippen LogP contribution in [0.15, 0.2) is 18.2 Å². The lowest BCUT2D eigenvalue weighted by Crippen LogP contribution is -2.41. The molecule has 148 valence electrons. The fourth-order valence-electron chi connectivity index (χ4n) is 2.95. The maximum Gasteiger partial charge on any atom is 0.393 e. The van der Waals surface area contributed by atoms with Crippen molar-refractivity contribution in [3.05, 3.63) is 29.3 Å². The van der Waals surface area contributed by atoms with Crippen LogP contribution in [0.25, 0.3) is 0 Å². The molecule has 3 N–H and O–H groups in total. The van der Waals surface area contributed by atoms with E-state index in [1.54, 1.807) is 18.2 Å². The van der Waals surface area contributed by atoms with Crippen molar-refractivity contribution in [2.24, 2.45) is 11.8 Å². The Labute approximate surface area is 153 Å². The van der Waals surface area contributed by atoms with Gasteiger partial charge in [-0.25, -0.2) is 4.79 Å².